The Bertz CT molecular complexity index is 445. The van der Waals surface area contributed by atoms with Crippen molar-refractivity contribution in [2.45, 2.75) is 45.6 Å². The Morgan fingerprint density at radius 1 is 1.29 bits per heavy atom. The van der Waals surface area contributed by atoms with Crippen molar-refractivity contribution in [3.63, 3.8) is 0 Å². The van der Waals surface area contributed by atoms with Gasteiger partial charge in [0.2, 0.25) is 5.91 Å². The molecule has 5 heteroatoms. The molecular weight excluding hydrogens is 274 g/mol. The van der Waals surface area contributed by atoms with Gasteiger partial charge in [0.1, 0.15) is 11.6 Å². The van der Waals surface area contributed by atoms with E-state index in [-0.39, 0.29) is 11.5 Å². The Hall–Kier alpha value is -1.49. The van der Waals surface area contributed by atoms with E-state index in [1.165, 1.54) is 18.2 Å². The number of amides is 1. The van der Waals surface area contributed by atoms with Gasteiger partial charge in [0, 0.05) is 12.0 Å². The van der Waals surface area contributed by atoms with E-state index in [0.29, 0.717) is 18.9 Å². The Kier molecular flexibility index (Phi) is 7.29. The van der Waals surface area contributed by atoms with Gasteiger partial charge in [0.15, 0.2) is 0 Å². The maximum Gasteiger partial charge on any atom is 0.220 e. The van der Waals surface area contributed by atoms with Gasteiger partial charge in [-0.1, -0.05) is 19.4 Å². The predicted molar refractivity (Wildman–Crippen MR) is 79.6 cm³/mol. The molecule has 0 fully saturated rings. The van der Waals surface area contributed by atoms with Crippen LogP contribution >= 0.6 is 0 Å². The summed E-state index contributed by atoms with van der Waals surface area (Å²) in [5.41, 5.74) is 5.42. The lowest BCUT2D eigenvalue weighted by molar-refractivity contribution is -0.122. The highest BCUT2D eigenvalue weighted by molar-refractivity contribution is 5.76. The van der Waals surface area contributed by atoms with Crippen molar-refractivity contribution in [2.75, 3.05) is 6.54 Å². The number of benzene rings is 1. The van der Waals surface area contributed by atoms with Crippen LogP contribution in [0, 0.1) is 17.6 Å². The molecule has 0 spiro atoms. The van der Waals surface area contributed by atoms with Crippen molar-refractivity contribution in [1.29, 1.82) is 0 Å². The minimum absolute atomic E-state index is 0.0974. The van der Waals surface area contributed by atoms with Crippen LogP contribution in [-0.2, 0) is 4.79 Å². The fourth-order valence-electron chi connectivity index (χ4n) is 2.43. The molecule has 2 unspecified atom stereocenters. The first kappa shape index (κ1) is 17.6. The minimum Gasteiger partial charge on any atom is -0.349 e. The monoisotopic (exact) mass is 298 g/mol. The Morgan fingerprint density at radius 2 is 1.90 bits per heavy atom. The van der Waals surface area contributed by atoms with Gasteiger partial charge in [-0.2, -0.15) is 0 Å². The summed E-state index contributed by atoms with van der Waals surface area (Å²) in [6, 6.07) is 3.00. The van der Waals surface area contributed by atoms with Crippen LogP contribution in [0.3, 0.4) is 0 Å². The number of carbonyl (C=O) groups excluding carboxylic acids is 1. The van der Waals surface area contributed by atoms with Crippen LogP contribution in [0.2, 0.25) is 0 Å². The van der Waals surface area contributed by atoms with E-state index in [1.54, 1.807) is 6.92 Å². The largest absolute Gasteiger partial charge is 0.349 e. The second-order valence-electron chi connectivity index (χ2n) is 5.31. The van der Waals surface area contributed by atoms with Crippen molar-refractivity contribution in [3.05, 3.63) is 35.4 Å². The van der Waals surface area contributed by atoms with Crippen molar-refractivity contribution < 1.29 is 13.6 Å². The molecule has 1 amide bonds. The molecule has 1 aromatic rings. The van der Waals surface area contributed by atoms with Gasteiger partial charge in [0.05, 0.1) is 6.04 Å². The summed E-state index contributed by atoms with van der Waals surface area (Å²) in [6.07, 6.45) is 2.95. The van der Waals surface area contributed by atoms with E-state index in [1.807, 2.05) is 0 Å². The molecule has 2 atom stereocenters. The van der Waals surface area contributed by atoms with Gasteiger partial charge in [-0.25, -0.2) is 8.78 Å². The Morgan fingerprint density at radius 3 is 2.43 bits per heavy atom. The first-order chi connectivity index (χ1) is 9.99. The first-order valence-electron chi connectivity index (χ1n) is 7.42. The second-order valence-corrected chi connectivity index (χ2v) is 5.31. The summed E-state index contributed by atoms with van der Waals surface area (Å²) < 4.78 is 27.2. The molecule has 21 heavy (non-hydrogen) atoms. The summed E-state index contributed by atoms with van der Waals surface area (Å²) in [7, 11) is 0. The number of carbonyl (C=O) groups is 1. The van der Waals surface area contributed by atoms with Gasteiger partial charge in [-0.05, 0) is 44.4 Å². The smallest absolute Gasteiger partial charge is 0.220 e. The Balaban J connectivity index is 2.54. The topological polar surface area (TPSA) is 55.1 Å². The molecule has 0 aliphatic heterocycles. The highest BCUT2D eigenvalue weighted by Gasteiger charge is 2.18. The molecule has 0 bridgehead atoms. The average molecular weight is 298 g/mol. The number of hydrogen-bond acceptors (Lipinski definition) is 2. The zero-order valence-corrected chi connectivity index (χ0v) is 12.7. The zero-order valence-electron chi connectivity index (χ0n) is 12.7. The number of rotatable bonds is 8. The molecule has 0 aromatic heterocycles. The SMILES string of the molecule is CCC(CCN)CCC(=O)NC(C)c1c(F)cccc1F. The Labute approximate surface area is 124 Å². The highest BCUT2D eigenvalue weighted by Crippen LogP contribution is 2.21. The standard InChI is InChI=1S/C16H24F2N2O/c1-3-12(9-10-19)7-8-15(21)20-11(2)16-13(17)5-4-6-14(16)18/h4-6,11-12H,3,7-10,19H2,1-2H3,(H,20,21). The first-order valence-corrected chi connectivity index (χ1v) is 7.42. The van der Waals surface area contributed by atoms with Crippen LogP contribution in [0.4, 0.5) is 8.78 Å². The third kappa shape index (κ3) is 5.42. The minimum atomic E-state index is -0.687. The van der Waals surface area contributed by atoms with Crippen molar-refractivity contribution in [2.24, 2.45) is 11.7 Å². The average Bonchev–Trinajstić information content (AvgIpc) is 2.43. The molecule has 0 saturated heterocycles. The van der Waals surface area contributed by atoms with Crippen LogP contribution in [0.1, 0.15) is 51.1 Å². The number of halogens is 2. The number of nitrogens with two attached hydrogens (primary N) is 1. The van der Waals surface area contributed by atoms with E-state index in [2.05, 4.69) is 12.2 Å². The van der Waals surface area contributed by atoms with Crippen molar-refractivity contribution in [1.82, 2.24) is 5.32 Å². The van der Waals surface area contributed by atoms with E-state index < -0.39 is 17.7 Å². The molecule has 1 rings (SSSR count). The maximum atomic E-state index is 13.6. The third-order valence-electron chi connectivity index (χ3n) is 3.74. The van der Waals surface area contributed by atoms with Crippen LogP contribution in [0.5, 0.6) is 0 Å². The van der Waals surface area contributed by atoms with E-state index in [0.717, 1.165) is 19.3 Å². The normalized spacial score (nSPS) is 13.8. The summed E-state index contributed by atoms with van der Waals surface area (Å²) in [5.74, 6) is -1.06. The molecule has 0 heterocycles. The third-order valence-corrected chi connectivity index (χ3v) is 3.74. The second kappa shape index (κ2) is 8.72. The molecule has 1 aromatic carbocycles. The van der Waals surface area contributed by atoms with E-state index in [9.17, 15) is 13.6 Å². The molecule has 118 valence electrons. The summed E-state index contributed by atoms with van der Waals surface area (Å²) in [4.78, 5) is 11.9. The lowest BCUT2D eigenvalue weighted by Crippen LogP contribution is -2.28. The summed E-state index contributed by atoms with van der Waals surface area (Å²) in [5, 5.41) is 2.65. The quantitative estimate of drug-likeness (QED) is 0.773. The number of nitrogens with one attached hydrogen (secondary N) is 1. The molecule has 0 aliphatic carbocycles. The van der Waals surface area contributed by atoms with Crippen LogP contribution in [0.25, 0.3) is 0 Å². The van der Waals surface area contributed by atoms with E-state index >= 15 is 0 Å². The van der Waals surface area contributed by atoms with Crippen LogP contribution < -0.4 is 11.1 Å². The fourth-order valence-corrected chi connectivity index (χ4v) is 2.43. The van der Waals surface area contributed by atoms with Gasteiger partial charge >= 0.3 is 0 Å². The highest BCUT2D eigenvalue weighted by atomic mass is 19.1. The molecule has 0 aliphatic rings. The summed E-state index contributed by atoms with van der Waals surface area (Å²) >= 11 is 0. The molecule has 3 nitrogen and oxygen atoms in total. The molecular formula is C16H24F2N2O. The predicted octanol–water partition coefficient (Wildman–Crippen LogP) is 3.30. The van der Waals surface area contributed by atoms with Gasteiger partial charge < -0.3 is 11.1 Å². The lowest BCUT2D eigenvalue weighted by atomic mass is 9.96. The van der Waals surface area contributed by atoms with Crippen molar-refractivity contribution >= 4 is 5.91 Å². The molecule has 0 saturated carbocycles. The molecule has 3 N–H and O–H groups in total. The maximum absolute atomic E-state index is 13.6. The van der Waals surface area contributed by atoms with Gasteiger partial charge in [-0.15, -0.1) is 0 Å². The molecule has 0 radical (unpaired) electrons. The fraction of sp³-hybridized carbons (Fsp3) is 0.562. The van der Waals surface area contributed by atoms with Crippen LogP contribution in [0.15, 0.2) is 18.2 Å². The van der Waals surface area contributed by atoms with Crippen molar-refractivity contribution in [3.8, 4) is 0 Å². The summed E-state index contributed by atoms with van der Waals surface area (Å²) in [6.45, 7) is 4.25. The zero-order chi connectivity index (χ0) is 15.8. The lowest BCUT2D eigenvalue weighted by Gasteiger charge is -2.17. The van der Waals surface area contributed by atoms with Crippen LogP contribution in [-0.4, -0.2) is 12.5 Å². The van der Waals surface area contributed by atoms with Gasteiger partial charge in [-0.3, -0.25) is 4.79 Å². The number of hydrogen-bond donors (Lipinski definition) is 2. The van der Waals surface area contributed by atoms with E-state index in [4.69, 9.17) is 5.73 Å². The van der Waals surface area contributed by atoms with Gasteiger partial charge in [0.25, 0.3) is 0 Å².